The first-order valence-corrected chi connectivity index (χ1v) is 8.35. The molecular formula is C16H10ClF2N3O2S. The van der Waals surface area contributed by atoms with Gasteiger partial charge in [0.15, 0.2) is 11.6 Å². The molecule has 0 spiro atoms. The van der Waals surface area contributed by atoms with Crippen molar-refractivity contribution in [1.29, 1.82) is 0 Å². The third-order valence-corrected chi connectivity index (χ3v) is 4.10. The van der Waals surface area contributed by atoms with Crippen molar-refractivity contribution in [2.45, 2.75) is 5.22 Å². The Hall–Kier alpha value is -2.45. The molecule has 3 aromatic rings. The fraction of sp³-hybridized carbons (Fsp3) is 0.0625. The number of thioether (sulfide) groups is 1. The molecule has 0 aliphatic carbocycles. The average molecular weight is 382 g/mol. The Kier molecular flexibility index (Phi) is 5.30. The predicted molar refractivity (Wildman–Crippen MR) is 90.5 cm³/mol. The standard InChI is InChI=1S/C16H10ClF2N3O2S/c17-10-3-1-9(2-4-10)15-21-22-16(24-15)25-8-14(23)20-11-5-6-12(18)13(19)7-11/h1-7H,8H2,(H,20,23). The van der Waals surface area contributed by atoms with Gasteiger partial charge in [-0.05, 0) is 36.4 Å². The summed E-state index contributed by atoms with van der Waals surface area (Å²) in [5, 5.41) is 11.0. The Morgan fingerprint density at radius 2 is 1.88 bits per heavy atom. The van der Waals surface area contributed by atoms with Crippen molar-refractivity contribution in [1.82, 2.24) is 10.2 Å². The highest BCUT2D eigenvalue weighted by Crippen LogP contribution is 2.24. The Labute approximate surface area is 150 Å². The van der Waals surface area contributed by atoms with E-state index < -0.39 is 17.5 Å². The van der Waals surface area contributed by atoms with E-state index in [0.29, 0.717) is 16.5 Å². The second-order valence-electron chi connectivity index (χ2n) is 4.85. The maximum Gasteiger partial charge on any atom is 0.277 e. The largest absolute Gasteiger partial charge is 0.411 e. The highest BCUT2D eigenvalue weighted by molar-refractivity contribution is 7.99. The quantitative estimate of drug-likeness (QED) is 0.663. The number of carbonyl (C=O) groups excluding carboxylic acids is 1. The fourth-order valence-electron chi connectivity index (χ4n) is 1.88. The van der Waals surface area contributed by atoms with Crippen LogP contribution in [0.4, 0.5) is 14.5 Å². The maximum absolute atomic E-state index is 13.1. The lowest BCUT2D eigenvalue weighted by Gasteiger charge is -2.04. The number of benzene rings is 2. The molecule has 0 bridgehead atoms. The van der Waals surface area contributed by atoms with Crippen molar-refractivity contribution in [3.05, 3.63) is 59.1 Å². The van der Waals surface area contributed by atoms with E-state index in [1.807, 2.05) is 0 Å². The van der Waals surface area contributed by atoms with Crippen LogP contribution in [0.1, 0.15) is 0 Å². The maximum atomic E-state index is 13.1. The highest BCUT2D eigenvalue weighted by Gasteiger charge is 2.12. The third-order valence-electron chi connectivity index (χ3n) is 3.03. The average Bonchev–Trinajstić information content (AvgIpc) is 3.06. The molecule has 0 aliphatic rings. The molecule has 5 nitrogen and oxygen atoms in total. The molecule has 1 aromatic heterocycles. The third kappa shape index (κ3) is 4.55. The van der Waals surface area contributed by atoms with Gasteiger partial charge in [0.05, 0.1) is 5.75 Å². The van der Waals surface area contributed by atoms with Crippen LogP contribution in [0.2, 0.25) is 5.02 Å². The number of nitrogens with zero attached hydrogens (tertiary/aromatic N) is 2. The minimum atomic E-state index is -1.03. The Balaban J connectivity index is 1.57. The molecule has 128 valence electrons. The minimum absolute atomic E-state index is 0.0265. The number of amides is 1. The van der Waals surface area contributed by atoms with E-state index in [-0.39, 0.29) is 16.7 Å². The molecule has 0 saturated carbocycles. The van der Waals surface area contributed by atoms with Gasteiger partial charge in [0.2, 0.25) is 11.8 Å². The van der Waals surface area contributed by atoms with Gasteiger partial charge in [-0.15, -0.1) is 10.2 Å². The van der Waals surface area contributed by atoms with Crippen LogP contribution in [0.25, 0.3) is 11.5 Å². The predicted octanol–water partition coefficient (Wildman–Crippen LogP) is 4.40. The Morgan fingerprint density at radius 3 is 2.60 bits per heavy atom. The molecule has 1 heterocycles. The van der Waals surface area contributed by atoms with Crippen LogP contribution < -0.4 is 5.32 Å². The zero-order valence-electron chi connectivity index (χ0n) is 12.5. The molecule has 1 N–H and O–H groups in total. The van der Waals surface area contributed by atoms with Crippen LogP contribution in [0, 0.1) is 11.6 Å². The van der Waals surface area contributed by atoms with Crippen molar-refractivity contribution >= 4 is 35.0 Å². The smallest absolute Gasteiger partial charge is 0.277 e. The highest BCUT2D eigenvalue weighted by atomic mass is 35.5. The molecule has 25 heavy (non-hydrogen) atoms. The molecule has 0 fully saturated rings. The number of halogens is 3. The summed E-state index contributed by atoms with van der Waals surface area (Å²) in [6.07, 6.45) is 0. The molecule has 3 rings (SSSR count). The number of rotatable bonds is 5. The van der Waals surface area contributed by atoms with Gasteiger partial charge >= 0.3 is 0 Å². The first-order chi connectivity index (χ1) is 12.0. The van der Waals surface area contributed by atoms with Gasteiger partial charge < -0.3 is 9.73 Å². The molecule has 0 unspecified atom stereocenters. The normalized spacial score (nSPS) is 10.7. The van der Waals surface area contributed by atoms with Crippen molar-refractivity contribution in [2.24, 2.45) is 0 Å². The summed E-state index contributed by atoms with van der Waals surface area (Å²) in [7, 11) is 0. The topological polar surface area (TPSA) is 68.0 Å². The van der Waals surface area contributed by atoms with Crippen LogP contribution in [0.5, 0.6) is 0 Å². The summed E-state index contributed by atoms with van der Waals surface area (Å²) < 4.78 is 31.4. The van der Waals surface area contributed by atoms with E-state index >= 15 is 0 Å². The van der Waals surface area contributed by atoms with Crippen LogP contribution in [0.3, 0.4) is 0 Å². The number of carbonyl (C=O) groups is 1. The zero-order valence-corrected chi connectivity index (χ0v) is 14.1. The first-order valence-electron chi connectivity index (χ1n) is 6.98. The lowest BCUT2D eigenvalue weighted by atomic mass is 10.2. The molecular weight excluding hydrogens is 372 g/mol. The number of hydrogen-bond donors (Lipinski definition) is 1. The number of nitrogens with one attached hydrogen (secondary N) is 1. The monoisotopic (exact) mass is 381 g/mol. The van der Waals surface area contributed by atoms with E-state index in [1.165, 1.54) is 6.07 Å². The van der Waals surface area contributed by atoms with Crippen molar-refractivity contribution in [3.63, 3.8) is 0 Å². The first kappa shape index (κ1) is 17.4. The van der Waals surface area contributed by atoms with Crippen molar-refractivity contribution in [2.75, 3.05) is 11.1 Å². The van der Waals surface area contributed by atoms with Gasteiger partial charge in [-0.25, -0.2) is 8.78 Å². The summed E-state index contributed by atoms with van der Waals surface area (Å²) in [6, 6.07) is 9.98. The van der Waals surface area contributed by atoms with Gasteiger partial charge in [0, 0.05) is 22.3 Å². The summed E-state index contributed by atoms with van der Waals surface area (Å²) in [5.41, 5.74) is 0.867. The molecule has 0 aliphatic heterocycles. The summed E-state index contributed by atoms with van der Waals surface area (Å²) in [6.45, 7) is 0. The lowest BCUT2D eigenvalue weighted by molar-refractivity contribution is -0.113. The molecule has 2 aromatic carbocycles. The number of anilines is 1. The van der Waals surface area contributed by atoms with Gasteiger partial charge in [-0.3, -0.25) is 4.79 Å². The lowest BCUT2D eigenvalue weighted by Crippen LogP contribution is -2.14. The summed E-state index contributed by atoms with van der Waals surface area (Å²) >= 11 is 6.84. The van der Waals surface area contributed by atoms with Gasteiger partial charge in [-0.1, -0.05) is 23.4 Å². The van der Waals surface area contributed by atoms with Crippen LogP contribution >= 0.6 is 23.4 Å². The van der Waals surface area contributed by atoms with E-state index in [1.54, 1.807) is 24.3 Å². The zero-order chi connectivity index (χ0) is 17.8. The number of hydrogen-bond acceptors (Lipinski definition) is 5. The second-order valence-corrected chi connectivity index (χ2v) is 6.21. The van der Waals surface area contributed by atoms with Crippen LogP contribution in [0.15, 0.2) is 52.1 Å². The fourth-order valence-corrected chi connectivity index (χ4v) is 2.56. The van der Waals surface area contributed by atoms with E-state index in [4.69, 9.17) is 16.0 Å². The van der Waals surface area contributed by atoms with Gasteiger partial charge in [-0.2, -0.15) is 0 Å². The van der Waals surface area contributed by atoms with Crippen LogP contribution in [-0.4, -0.2) is 21.9 Å². The van der Waals surface area contributed by atoms with Gasteiger partial charge in [0.1, 0.15) is 0 Å². The molecule has 0 saturated heterocycles. The van der Waals surface area contributed by atoms with E-state index in [9.17, 15) is 13.6 Å². The van der Waals surface area contributed by atoms with Crippen LogP contribution in [-0.2, 0) is 4.79 Å². The van der Waals surface area contributed by atoms with Crippen molar-refractivity contribution in [3.8, 4) is 11.5 Å². The Morgan fingerprint density at radius 1 is 1.12 bits per heavy atom. The second kappa shape index (κ2) is 7.62. The summed E-state index contributed by atoms with van der Waals surface area (Å²) in [5.74, 6) is -2.15. The molecule has 9 heteroatoms. The van der Waals surface area contributed by atoms with Gasteiger partial charge in [0.25, 0.3) is 5.22 Å². The van der Waals surface area contributed by atoms with Crippen molar-refractivity contribution < 1.29 is 18.0 Å². The van der Waals surface area contributed by atoms with E-state index in [0.717, 1.165) is 23.9 Å². The summed E-state index contributed by atoms with van der Waals surface area (Å²) in [4.78, 5) is 11.8. The Bertz CT molecular complexity index is 903. The molecule has 0 radical (unpaired) electrons. The van der Waals surface area contributed by atoms with E-state index in [2.05, 4.69) is 15.5 Å². The minimum Gasteiger partial charge on any atom is -0.411 e. The molecule has 0 atom stereocenters. The molecule has 1 amide bonds. The number of aromatic nitrogens is 2. The SMILES string of the molecule is O=C(CSc1nnc(-c2ccc(Cl)cc2)o1)Nc1ccc(F)c(F)c1.